The van der Waals surface area contributed by atoms with Gasteiger partial charge in [-0.2, -0.15) is 0 Å². The van der Waals surface area contributed by atoms with Crippen molar-refractivity contribution >= 4 is 5.91 Å². The highest BCUT2D eigenvalue weighted by atomic mass is 16.1. The second-order valence-electron chi connectivity index (χ2n) is 5.55. The summed E-state index contributed by atoms with van der Waals surface area (Å²) in [6.07, 6.45) is 0. The Labute approximate surface area is 115 Å². The number of nitrogens with one attached hydrogen (secondary N) is 1. The van der Waals surface area contributed by atoms with Gasteiger partial charge in [-0.05, 0) is 24.6 Å². The first-order valence-corrected chi connectivity index (χ1v) is 6.28. The molecule has 100 valence electrons. The molecule has 1 N–H and O–H groups in total. The van der Waals surface area contributed by atoms with Crippen LogP contribution in [-0.4, -0.2) is 11.4 Å². The highest BCUT2D eigenvalue weighted by molar-refractivity contribution is 5.91. The number of nitrogens with zero attached hydrogens (tertiary/aromatic N) is 1. The molecule has 0 fully saturated rings. The number of carbonyl (C=O) groups is 1. The molecule has 0 saturated carbocycles. The lowest BCUT2D eigenvalue weighted by Crippen LogP contribution is -2.22. The highest BCUT2D eigenvalue weighted by Gasteiger charge is 2.18. The fourth-order valence-corrected chi connectivity index (χ4v) is 1.26. The average molecular weight is 257 g/mol. The Kier molecular flexibility index (Phi) is 4.88. The predicted octanol–water partition coefficient (Wildman–Crippen LogP) is 3.36. The van der Waals surface area contributed by atoms with Crippen molar-refractivity contribution < 1.29 is 4.79 Å². The summed E-state index contributed by atoms with van der Waals surface area (Å²) in [5.74, 6) is -0.120. The molecule has 0 heterocycles. The van der Waals surface area contributed by atoms with E-state index in [1.54, 1.807) is 6.92 Å². The van der Waals surface area contributed by atoms with Crippen molar-refractivity contribution in [3.05, 3.63) is 52.4 Å². The first kappa shape index (κ1) is 15.0. The van der Waals surface area contributed by atoms with E-state index in [0.717, 1.165) is 11.1 Å². The highest BCUT2D eigenvalue weighted by Crippen LogP contribution is 2.08. The molecule has 0 saturated heterocycles. The predicted molar refractivity (Wildman–Crippen MR) is 79.2 cm³/mol. The minimum atomic E-state index is -0.120. The Morgan fingerprint density at radius 3 is 2.37 bits per heavy atom. The second-order valence-corrected chi connectivity index (χ2v) is 5.55. The van der Waals surface area contributed by atoms with E-state index in [1.165, 1.54) is 0 Å². The quantitative estimate of drug-likeness (QED) is 0.828. The smallest absolute Gasteiger partial charge is 0.311 e. The third kappa shape index (κ3) is 5.87. The third-order valence-corrected chi connectivity index (χ3v) is 2.32. The maximum absolute atomic E-state index is 11.4. The number of rotatable bonds is 3. The van der Waals surface area contributed by atoms with Gasteiger partial charge in [0.05, 0.1) is 0 Å². The van der Waals surface area contributed by atoms with Gasteiger partial charge in [0, 0.05) is 32.9 Å². The van der Waals surface area contributed by atoms with Crippen molar-refractivity contribution in [3.8, 4) is 6.07 Å². The lowest BCUT2D eigenvalue weighted by Gasteiger charge is -2.04. The van der Waals surface area contributed by atoms with Crippen LogP contribution in [0.4, 0.5) is 0 Å². The summed E-state index contributed by atoms with van der Waals surface area (Å²) in [5, 5.41) is 2.79. The van der Waals surface area contributed by atoms with Gasteiger partial charge in [-0.1, -0.05) is 23.6 Å². The number of hydrogen-bond donors (Lipinski definition) is 1. The molecule has 1 amide bonds. The van der Waals surface area contributed by atoms with Gasteiger partial charge in [0.15, 0.2) is 0 Å². The molecule has 1 aromatic rings. The molecule has 0 radical (unpaired) electrons. The Hall–Kier alpha value is -2.08. The van der Waals surface area contributed by atoms with Gasteiger partial charge in [0.25, 0.3) is 5.54 Å². The van der Waals surface area contributed by atoms with Crippen LogP contribution in [0, 0.1) is 6.07 Å². The molecule has 1 aromatic carbocycles. The second kappa shape index (κ2) is 6.19. The summed E-state index contributed by atoms with van der Waals surface area (Å²) in [4.78, 5) is 15.7. The first-order chi connectivity index (χ1) is 8.78. The molecule has 19 heavy (non-hydrogen) atoms. The standard InChI is InChI=1S/C16H20N2O/c1-12(2)15(19)17-10-13-6-8-14(9-7-13)11-18-16(3,4)5/h6-9H,1,10H2,2-5H3/p+1. The van der Waals surface area contributed by atoms with Crippen LogP contribution in [0.1, 0.15) is 38.8 Å². The SMILES string of the molecule is C=C(C)C(=O)NCc1ccc(C#[N+]C(C)(C)C)cc1. The maximum atomic E-state index is 11.4. The van der Waals surface area contributed by atoms with Crippen LogP contribution < -0.4 is 5.32 Å². The minimum absolute atomic E-state index is 0.117. The first-order valence-electron chi connectivity index (χ1n) is 6.28. The fourth-order valence-electron chi connectivity index (χ4n) is 1.26. The van der Waals surface area contributed by atoms with Gasteiger partial charge in [-0.25, -0.2) is 0 Å². The maximum Gasteiger partial charge on any atom is 0.311 e. The number of carbonyl (C=O) groups excluding carboxylic acids is 1. The Balaban J connectivity index is 2.64. The van der Waals surface area contributed by atoms with E-state index in [4.69, 9.17) is 0 Å². The van der Waals surface area contributed by atoms with E-state index in [2.05, 4.69) is 22.8 Å². The molecule has 0 unspecified atom stereocenters. The largest absolute Gasteiger partial charge is 0.348 e. The van der Waals surface area contributed by atoms with Crippen molar-refractivity contribution in [1.82, 2.24) is 5.32 Å². The van der Waals surface area contributed by atoms with Crippen LogP contribution in [0.2, 0.25) is 0 Å². The molecule has 0 aliphatic carbocycles. The van der Waals surface area contributed by atoms with Crippen molar-refractivity contribution in [2.24, 2.45) is 0 Å². The summed E-state index contributed by atoms with van der Waals surface area (Å²) in [7, 11) is 0. The zero-order valence-corrected chi connectivity index (χ0v) is 12.1. The van der Waals surface area contributed by atoms with Crippen LogP contribution in [0.5, 0.6) is 0 Å². The van der Waals surface area contributed by atoms with E-state index in [0.29, 0.717) is 12.1 Å². The molecular weight excluding hydrogens is 236 g/mol. The molecule has 0 aliphatic rings. The summed E-state index contributed by atoms with van der Waals surface area (Å²) in [6, 6.07) is 10.8. The molecular formula is C16H21N2O+. The Morgan fingerprint density at radius 1 is 1.32 bits per heavy atom. The van der Waals surface area contributed by atoms with Gasteiger partial charge < -0.3 is 5.32 Å². The van der Waals surface area contributed by atoms with Crippen LogP contribution in [0.3, 0.4) is 0 Å². The molecule has 3 nitrogen and oxygen atoms in total. The van der Waals surface area contributed by atoms with Crippen molar-refractivity contribution in [1.29, 1.82) is 0 Å². The van der Waals surface area contributed by atoms with Gasteiger partial charge in [-0.3, -0.25) is 4.79 Å². The molecule has 0 spiro atoms. The van der Waals surface area contributed by atoms with Crippen molar-refractivity contribution in [2.45, 2.75) is 39.8 Å². The number of benzene rings is 1. The zero-order chi connectivity index (χ0) is 14.5. The van der Waals surface area contributed by atoms with E-state index in [1.807, 2.05) is 45.0 Å². The number of amides is 1. The van der Waals surface area contributed by atoms with Gasteiger partial charge >= 0.3 is 6.07 Å². The van der Waals surface area contributed by atoms with E-state index in [-0.39, 0.29) is 11.4 Å². The molecule has 0 aliphatic heterocycles. The van der Waals surface area contributed by atoms with Crippen molar-refractivity contribution in [3.63, 3.8) is 0 Å². The summed E-state index contributed by atoms with van der Waals surface area (Å²) < 4.78 is 0. The molecule has 0 aromatic heterocycles. The average Bonchev–Trinajstić information content (AvgIpc) is 2.33. The van der Waals surface area contributed by atoms with Crippen molar-refractivity contribution in [2.75, 3.05) is 0 Å². The van der Waals surface area contributed by atoms with Gasteiger partial charge in [0.1, 0.15) is 5.56 Å². The Bertz CT molecular complexity index is 525. The fraction of sp³-hybridized carbons (Fsp3) is 0.375. The molecule has 0 bridgehead atoms. The normalized spacial score (nSPS) is 10.3. The van der Waals surface area contributed by atoms with E-state index in [9.17, 15) is 4.79 Å². The zero-order valence-electron chi connectivity index (χ0n) is 12.1. The summed E-state index contributed by atoms with van der Waals surface area (Å²) in [6.45, 7) is 11.9. The third-order valence-electron chi connectivity index (χ3n) is 2.32. The van der Waals surface area contributed by atoms with Gasteiger partial charge in [-0.15, -0.1) is 0 Å². The lowest BCUT2D eigenvalue weighted by molar-refractivity contribution is -0.117. The van der Waals surface area contributed by atoms with Crippen LogP contribution in [0.15, 0.2) is 36.4 Å². The van der Waals surface area contributed by atoms with E-state index < -0.39 is 0 Å². The van der Waals surface area contributed by atoms with E-state index >= 15 is 0 Å². The molecule has 3 heteroatoms. The van der Waals surface area contributed by atoms with Gasteiger partial charge in [0.2, 0.25) is 5.91 Å². The molecule has 0 atom stereocenters. The summed E-state index contributed by atoms with van der Waals surface area (Å²) in [5.41, 5.74) is 2.37. The van der Waals surface area contributed by atoms with Crippen LogP contribution in [-0.2, 0) is 11.3 Å². The summed E-state index contributed by atoms with van der Waals surface area (Å²) >= 11 is 0. The monoisotopic (exact) mass is 257 g/mol. The minimum Gasteiger partial charge on any atom is -0.348 e. The number of hydrogen-bond acceptors (Lipinski definition) is 1. The lowest BCUT2D eigenvalue weighted by atomic mass is 10.1. The topological polar surface area (TPSA) is 33.5 Å². The van der Waals surface area contributed by atoms with Crippen LogP contribution >= 0.6 is 0 Å². The Morgan fingerprint density at radius 2 is 1.89 bits per heavy atom. The molecule has 1 rings (SSSR count). The van der Waals surface area contributed by atoms with Crippen LogP contribution in [0.25, 0.3) is 4.85 Å².